The quantitative estimate of drug-likeness (QED) is 0.452. The first-order valence-electron chi connectivity index (χ1n) is 5.98. The molecule has 0 atom stereocenters. The van der Waals surface area contributed by atoms with Gasteiger partial charge in [0, 0.05) is 0 Å². The standard InChI is InChI=1S/C14H15NO2S/c1-2-3-9-17-11-6-7-12-13(10-11)18-14(15-12)5-4-8-16/h4-8,10H,2-3,9H2,1H3/b5-4+. The van der Waals surface area contributed by atoms with E-state index in [9.17, 15) is 4.79 Å². The van der Waals surface area contributed by atoms with E-state index in [0.717, 1.165) is 46.7 Å². The van der Waals surface area contributed by atoms with Crippen LogP contribution < -0.4 is 4.74 Å². The average molecular weight is 261 g/mol. The summed E-state index contributed by atoms with van der Waals surface area (Å²) < 4.78 is 6.73. The number of thiazole rings is 1. The third-order valence-electron chi connectivity index (χ3n) is 2.46. The lowest BCUT2D eigenvalue weighted by Gasteiger charge is -2.04. The number of hydrogen-bond donors (Lipinski definition) is 0. The first-order chi connectivity index (χ1) is 8.83. The van der Waals surface area contributed by atoms with E-state index < -0.39 is 0 Å². The van der Waals surface area contributed by atoms with E-state index in [1.807, 2.05) is 18.2 Å². The number of aldehydes is 1. The highest BCUT2D eigenvalue weighted by atomic mass is 32.1. The van der Waals surface area contributed by atoms with Gasteiger partial charge in [0.25, 0.3) is 0 Å². The topological polar surface area (TPSA) is 39.2 Å². The van der Waals surface area contributed by atoms with E-state index in [0.29, 0.717) is 0 Å². The van der Waals surface area contributed by atoms with Gasteiger partial charge in [-0.3, -0.25) is 4.79 Å². The van der Waals surface area contributed by atoms with E-state index >= 15 is 0 Å². The van der Waals surface area contributed by atoms with Crippen LogP contribution >= 0.6 is 11.3 Å². The average Bonchev–Trinajstić information content (AvgIpc) is 2.78. The first kappa shape index (κ1) is 12.8. The number of ether oxygens (including phenoxy) is 1. The van der Waals surface area contributed by atoms with Crippen molar-refractivity contribution >= 4 is 33.9 Å². The highest BCUT2D eigenvalue weighted by Gasteiger charge is 2.03. The van der Waals surface area contributed by atoms with Crippen molar-refractivity contribution in [1.29, 1.82) is 0 Å². The van der Waals surface area contributed by atoms with Gasteiger partial charge in [-0.05, 0) is 36.8 Å². The molecule has 2 rings (SSSR count). The Morgan fingerprint density at radius 3 is 3.11 bits per heavy atom. The monoisotopic (exact) mass is 261 g/mol. The molecule has 1 aromatic heterocycles. The smallest absolute Gasteiger partial charge is 0.142 e. The Kier molecular flexibility index (Phi) is 4.47. The van der Waals surface area contributed by atoms with E-state index in [1.54, 1.807) is 17.4 Å². The molecular weight excluding hydrogens is 246 g/mol. The van der Waals surface area contributed by atoms with E-state index in [4.69, 9.17) is 4.74 Å². The molecule has 0 radical (unpaired) electrons. The maximum atomic E-state index is 10.3. The highest BCUT2D eigenvalue weighted by molar-refractivity contribution is 7.19. The minimum absolute atomic E-state index is 0.749. The van der Waals surface area contributed by atoms with Gasteiger partial charge in [0.15, 0.2) is 0 Å². The molecule has 0 aliphatic heterocycles. The zero-order valence-electron chi connectivity index (χ0n) is 10.3. The number of rotatable bonds is 6. The number of aromatic nitrogens is 1. The van der Waals surface area contributed by atoms with Crippen molar-refractivity contribution in [2.24, 2.45) is 0 Å². The molecule has 0 aliphatic rings. The summed E-state index contributed by atoms with van der Waals surface area (Å²) in [4.78, 5) is 14.7. The second-order valence-corrected chi connectivity index (χ2v) is 4.94. The summed E-state index contributed by atoms with van der Waals surface area (Å²) in [6, 6.07) is 5.89. The molecular formula is C14H15NO2S. The van der Waals surface area contributed by atoms with Gasteiger partial charge in [-0.2, -0.15) is 0 Å². The Bertz CT molecular complexity index is 560. The van der Waals surface area contributed by atoms with Crippen LogP contribution in [0.2, 0.25) is 0 Å². The fourth-order valence-corrected chi connectivity index (χ4v) is 2.45. The van der Waals surface area contributed by atoms with Gasteiger partial charge in [-0.1, -0.05) is 13.3 Å². The number of unbranched alkanes of at least 4 members (excludes halogenated alkanes) is 1. The normalized spacial score (nSPS) is 11.2. The third-order valence-corrected chi connectivity index (χ3v) is 3.44. The lowest BCUT2D eigenvalue weighted by molar-refractivity contribution is -0.104. The van der Waals surface area contributed by atoms with Crippen LogP contribution in [0.4, 0.5) is 0 Å². The molecule has 0 aliphatic carbocycles. The predicted molar refractivity (Wildman–Crippen MR) is 75.1 cm³/mol. The Hall–Kier alpha value is -1.68. The zero-order valence-corrected chi connectivity index (χ0v) is 11.1. The van der Waals surface area contributed by atoms with Crippen molar-refractivity contribution in [3.8, 4) is 5.75 Å². The number of carbonyl (C=O) groups excluding carboxylic acids is 1. The largest absolute Gasteiger partial charge is 0.494 e. The predicted octanol–water partition coefficient (Wildman–Crippen LogP) is 3.69. The summed E-state index contributed by atoms with van der Waals surface area (Å²) in [5.74, 6) is 0.880. The Balaban J connectivity index is 2.17. The number of hydrogen-bond acceptors (Lipinski definition) is 4. The van der Waals surface area contributed by atoms with Crippen LogP contribution in [-0.4, -0.2) is 17.9 Å². The number of benzene rings is 1. The Morgan fingerprint density at radius 2 is 2.33 bits per heavy atom. The number of carbonyl (C=O) groups is 1. The molecule has 0 unspecified atom stereocenters. The van der Waals surface area contributed by atoms with Crippen molar-refractivity contribution in [2.45, 2.75) is 19.8 Å². The second kappa shape index (κ2) is 6.31. The van der Waals surface area contributed by atoms with E-state index in [-0.39, 0.29) is 0 Å². The molecule has 1 heterocycles. The van der Waals surface area contributed by atoms with Gasteiger partial charge in [0.1, 0.15) is 17.0 Å². The summed E-state index contributed by atoms with van der Waals surface area (Å²) >= 11 is 1.55. The fraction of sp³-hybridized carbons (Fsp3) is 0.286. The lowest BCUT2D eigenvalue weighted by Crippen LogP contribution is -1.95. The van der Waals surface area contributed by atoms with Crippen LogP contribution in [0.5, 0.6) is 5.75 Å². The molecule has 0 spiro atoms. The number of fused-ring (bicyclic) bond motifs is 1. The van der Waals surface area contributed by atoms with Gasteiger partial charge < -0.3 is 4.74 Å². The van der Waals surface area contributed by atoms with Crippen LogP contribution in [-0.2, 0) is 4.79 Å². The van der Waals surface area contributed by atoms with Crippen LogP contribution in [0, 0.1) is 0 Å². The molecule has 0 saturated heterocycles. The highest BCUT2D eigenvalue weighted by Crippen LogP contribution is 2.27. The van der Waals surface area contributed by atoms with Crippen molar-refractivity contribution in [1.82, 2.24) is 4.98 Å². The fourth-order valence-electron chi connectivity index (χ4n) is 1.54. The Labute approximate surface area is 110 Å². The van der Waals surface area contributed by atoms with Crippen molar-refractivity contribution in [3.05, 3.63) is 29.3 Å². The summed E-state index contributed by atoms with van der Waals surface area (Å²) in [5, 5.41) is 0.836. The molecule has 0 N–H and O–H groups in total. The van der Waals surface area contributed by atoms with E-state index in [1.165, 1.54) is 6.08 Å². The molecule has 18 heavy (non-hydrogen) atoms. The van der Waals surface area contributed by atoms with Crippen molar-refractivity contribution in [3.63, 3.8) is 0 Å². The molecule has 0 saturated carbocycles. The molecule has 0 fully saturated rings. The van der Waals surface area contributed by atoms with Crippen LogP contribution in [0.15, 0.2) is 24.3 Å². The molecule has 4 heteroatoms. The van der Waals surface area contributed by atoms with Gasteiger partial charge in [-0.25, -0.2) is 4.98 Å². The molecule has 2 aromatic rings. The SMILES string of the molecule is CCCCOc1ccc2nc(/C=C/C=O)sc2c1. The molecule has 3 nitrogen and oxygen atoms in total. The first-order valence-corrected chi connectivity index (χ1v) is 6.80. The number of allylic oxidation sites excluding steroid dienone is 1. The summed E-state index contributed by atoms with van der Waals surface area (Å²) in [5.41, 5.74) is 0.938. The van der Waals surface area contributed by atoms with E-state index in [2.05, 4.69) is 11.9 Å². The van der Waals surface area contributed by atoms with Crippen LogP contribution in [0.1, 0.15) is 24.8 Å². The summed E-state index contributed by atoms with van der Waals surface area (Å²) in [6.07, 6.45) is 6.12. The molecule has 0 bridgehead atoms. The minimum Gasteiger partial charge on any atom is -0.494 e. The second-order valence-electron chi connectivity index (χ2n) is 3.88. The van der Waals surface area contributed by atoms with Crippen molar-refractivity contribution in [2.75, 3.05) is 6.61 Å². The van der Waals surface area contributed by atoms with Crippen molar-refractivity contribution < 1.29 is 9.53 Å². The number of nitrogens with zero attached hydrogens (tertiary/aromatic N) is 1. The van der Waals surface area contributed by atoms with Gasteiger partial charge in [0.05, 0.1) is 16.8 Å². The lowest BCUT2D eigenvalue weighted by atomic mass is 10.3. The van der Waals surface area contributed by atoms with Crippen LogP contribution in [0.3, 0.4) is 0 Å². The Morgan fingerprint density at radius 1 is 1.44 bits per heavy atom. The molecule has 94 valence electrons. The maximum absolute atomic E-state index is 10.3. The van der Waals surface area contributed by atoms with Gasteiger partial charge in [-0.15, -0.1) is 11.3 Å². The maximum Gasteiger partial charge on any atom is 0.142 e. The summed E-state index contributed by atoms with van der Waals surface area (Å²) in [6.45, 7) is 2.89. The zero-order chi connectivity index (χ0) is 12.8. The van der Waals surface area contributed by atoms with Crippen LogP contribution in [0.25, 0.3) is 16.3 Å². The molecule has 0 amide bonds. The summed E-state index contributed by atoms with van der Waals surface area (Å²) in [7, 11) is 0. The third kappa shape index (κ3) is 3.17. The molecule has 1 aromatic carbocycles. The van der Waals surface area contributed by atoms with Gasteiger partial charge >= 0.3 is 0 Å². The van der Waals surface area contributed by atoms with Gasteiger partial charge in [0.2, 0.25) is 0 Å². The minimum atomic E-state index is 0.749.